The molecule has 0 radical (unpaired) electrons. The Kier molecular flexibility index (Phi) is 9.72. The minimum absolute atomic E-state index is 0.139. The van der Waals surface area contributed by atoms with Gasteiger partial charge < -0.3 is 25.8 Å². The number of nitrogens with zero attached hydrogens (tertiary/aromatic N) is 5. The van der Waals surface area contributed by atoms with Gasteiger partial charge in [0.2, 0.25) is 17.8 Å². The number of piperidine rings is 1. The number of anilines is 3. The van der Waals surface area contributed by atoms with Gasteiger partial charge in [0.1, 0.15) is 11.7 Å². The van der Waals surface area contributed by atoms with E-state index in [1.807, 2.05) is 53.6 Å². The Balaban J connectivity index is 0.857. The summed E-state index contributed by atoms with van der Waals surface area (Å²) < 4.78 is 1.91. The topological polar surface area (TPSA) is 179 Å². The second-order valence-electron chi connectivity index (χ2n) is 12.8. The van der Waals surface area contributed by atoms with Gasteiger partial charge in [-0.25, -0.2) is 4.98 Å². The maximum atomic E-state index is 13.1. The van der Waals surface area contributed by atoms with Gasteiger partial charge in [-0.05, 0) is 74.6 Å². The van der Waals surface area contributed by atoms with E-state index in [2.05, 4.69) is 43.3 Å². The third kappa shape index (κ3) is 7.30. The van der Waals surface area contributed by atoms with Crippen LogP contribution in [0, 0.1) is 0 Å². The molecular formula is C37H40N10O4. The highest BCUT2D eigenvalue weighted by molar-refractivity contribution is 6.06. The van der Waals surface area contributed by atoms with Gasteiger partial charge in [-0.3, -0.25) is 29.2 Å². The number of amides is 4. The highest BCUT2D eigenvalue weighted by atomic mass is 16.2. The molecular weight excluding hydrogens is 648 g/mol. The molecule has 3 aromatic heterocycles. The van der Waals surface area contributed by atoms with E-state index in [9.17, 15) is 19.2 Å². The summed E-state index contributed by atoms with van der Waals surface area (Å²) in [4.78, 5) is 64.0. The van der Waals surface area contributed by atoms with Crippen molar-refractivity contribution in [1.82, 2.24) is 40.3 Å². The lowest BCUT2D eigenvalue weighted by atomic mass is 10.0. The number of carbonyl (C=O) groups is 4. The van der Waals surface area contributed by atoms with Crippen molar-refractivity contribution in [2.45, 2.75) is 64.6 Å². The van der Waals surface area contributed by atoms with Gasteiger partial charge in [-0.15, -0.1) is 0 Å². The van der Waals surface area contributed by atoms with Gasteiger partial charge in [0, 0.05) is 84.0 Å². The SMILES string of the molecule is CCCn1cc(-c2nc(Nc3ccc(C(=O)NCCCCCNc4cccc5c4CN(C4CCC(=O)NC4=O)C5=O)cc3)nc3[nH]ccc23)cn1. The van der Waals surface area contributed by atoms with E-state index in [1.165, 1.54) is 0 Å². The molecule has 2 aliphatic rings. The van der Waals surface area contributed by atoms with E-state index in [0.29, 0.717) is 43.1 Å². The summed E-state index contributed by atoms with van der Waals surface area (Å²) in [5, 5.41) is 17.4. The summed E-state index contributed by atoms with van der Waals surface area (Å²) in [6.07, 6.45) is 9.80. The fourth-order valence-electron chi connectivity index (χ4n) is 6.59. The standard InChI is InChI=1S/C37H40N10O4/c1-2-19-46-21-24(20-41-46)32-27-15-18-39-33(27)45-37(44-32)42-25-11-9-23(10-12-25)34(49)40-17-5-3-4-16-38-29-8-6-7-26-28(29)22-47(36(26)51)30-13-14-31(48)43-35(30)50/h6-12,15,18,20-21,30,38H,2-5,13-14,16-17,19,22H2,1H3,(H,40,49)(H,43,48,50)(H2,39,42,44,45). The van der Waals surface area contributed by atoms with Crippen molar-refractivity contribution in [3.05, 3.63) is 83.8 Å². The monoisotopic (exact) mass is 688 g/mol. The molecule has 5 aromatic rings. The largest absolute Gasteiger partial charge is 0.385 e. The van der Waals surface area contributed by atoms with Gasteiger partial charge in [0.15, 0.2) is 0 Å². The molecule has 2 aliphatic heterocycles. The maximum absolute atomic E-state index is 13.1. The molecule has 0 spiro atoms. The number of H-pyrrole nitrogens is 1. The van der Waals surface area contributed by atoms with Gasteiger partial charge in [0.05, 0.1) is 11.9 Å². The molecule has 51 heavy (non-hydrogen) atoms. The van der Waals surface area contributed by atoms with Crippen molar-refractivity contribution < 1.29 is 19.2 Å². The molecule has 0 aliphatic carbocycles. The Hall–Kier alpha value is -6.05. The van der Waals surface area contributed by atoms with Crippen molar-refractivity contribution in [3.8, 4) is 11.3 Å². The second kappa shape index (κ2) is 14.8. The molecule has 5 heterocycles. The van der Waals surface area contributed by atoms with Crippen LogP contribution in [0.1, 0.15) is 71.7 Å². The number of fused-ring (bicyclic) bond motifs is 2. The summed E-state index contributed by atoms with van der Waals surface area (Å²) in [6.45, 7) is 4.53. The molecule has 0 saturated carbocycles. The van der Waals surface area contributed by atoms with Crippen LogP contribution in [0.4, 0.5) is 17.3 Å². The third-order valence-electron chi connectivity index (χ3n) is 9.21. The van der Waals surface area contributed by atoms with E-state index >= 15 is 0 Å². The van der Waals surface area contributed by atoms with E-state index in [-0.39, 0.29) is 24.1 Å². The average molecular weight is 689 g/mol. The van der Waals surface area contributed by atoms with E-state index in [0.717, 1.165) is 71.5 Å². The van der Waals surface area contributed by atoms with Gasteiger partial charge in [0.25, 0.3) is 11.8 Å². The Morgan fingerprint density at radius 3 is 2.67 bits per heavy atom. The van der Waals surface area contributed by atoms with Crippen LogP contribution in [0.2, 0.25) is 0 Å². The number of rotatable bonds is 14. The van der Waals surface area contributed by atoms with Crippen LogP contribution in [-0.2, 0) is 22.7 Å². The number of unbranched alkanes of at least 4 members (excludes halogenated alkanes) is 2. The zero-order chi connectivity index (χ0) is 35.3. The van der Waals surface area contributed by atoms with Crippen LogP contribution in [-0.4, -0.2) is 72.4 Å². The predicted molar refractivity (Wildman–Crippen MR) is 192 cm³/mol. The number of hydrogen-bond donors (Lipinski definition) is 5. The zero-order valence-corrected chi connectivity index (χ0v) is 28.4. The molecule has 2 aromatic carbocycles. The third-order valence-corrected chi connectivity index (χ3v) is 9.21. The molecule has 1 saturated heterocycles. The lowest BCUT2D eigenvalue weighted by Gasteiger charge is -2.29. The highest BCUT2D eigenvalue weighted by Gasteiger charge is 2.39. The molecule has 5 N–H and O–H groups in total. The quantitative estimate of drug-likeness (QED) is 0.0813. The smallest absolute Gasteiger partial charge is 0.255 e. The first-order valence-electron chi connectivity index (χ1n) is 17.4. The summed E-state index contributed by atoms with van der Waals surface area (Å²) >= 11 is 0. The number of aromatic nitrogens is 5. The first kappa shape index (κ1) is 33.4. The van der Waals surface area contributed by atoms with Crippen LogP contribution >= 0.6 is 0 Å². The molecule has 14 nitrogen and oxygen atoms in total. The lowest BCUT2D eigenvalue weighted by molar-refractivity contribution is -0.136. The summed E-state index contributed by atoms with van der Waals surface area (Å²) in [6, 6.07) is 14.1. The van der Waals surface area contributed by atoms with Gasteiger partial charge in [-0.2, -0.15) is 10.1 Å². The fraction of sp³-hybridized carbons (Fsp3) is 0.324. The molecule has 1 atom stereocenters. The zero-order valence-electron chi connectivity index (χ0n) is 28.4. The molecule has 4 amide bonds. The van der Waals surface area contributed by atoms with Crippen LogP contribution in [0.25, 0.3) is 22.3 Å². The van der Waals surface area contributed by atoms with Crippen LogP contribution in [0.15, 0.2) is 67.1 Å². The predicted octanol–water partition coefficient (Wildman–Crippen LogP) is 4.75. The minimum atomic E-state index is -0.637. The Labute approximate surface area is 294 Å². The maximum Gasteiger partial charge on any atom is 0.255 e. The van der Waals surface area contributed by atoms with Crippen molar-refractivity contribution in [2.75, 3.05) is 23.7 Å². The number of imide groups is 1. The molecule has 262 valence electrons. The normalized spacial score (nSPS) is 15.6. The number of carbonyl (C=O) groups excluding carboxylic acids is 4. The molecule has 0 bridgehead atoms. The van der Waals surface area contributed by atoms with Crippen molar-refractivity contribution in [2.24, 2.45) is 0 Å². The molecule has 1 unspecified atom stereocenters. The first-order valence-corrected chi connectivity index (χ1v) is 17.4. The van der Waals surface area contributed by atoms with Crippen LogP contribution < -0.4 is 21.3 Å². The van der Waals surface area contributed by atoms with E-state index in [4.69, 9.17) is 4.98 Å². The number of aromatic amines is 1. The fourth-order valence-corrected chi connectivity index (χ4v) is 6.59. The van der Waals surface area contributed by atoms with Gasteiger partial charge in [-0.1, -0.05) is 13.0 Å². The number of benzene rings is 2. The van der Waals surface area contributed by atoms with Crippen LogP contribution in [0.5, 0.6) is 0 Å². The number of aryl methyl sites for hydroxylation is 1. The second-order valence-corrected chi connectivity index (χ2v) is 12.8. The Morgan fingerprint density at radius 2 is 1.84 bits per heavy atom. The Bertz CT molecular complexity index is 2090. The van der Waals surface area contributed by atoms with E-state index in [1.54, 1.807) is 23.1 Å². The molecule has 1 fully saturated rings. The Morgan fingerprint density at radius 1 is 1.00 bits per heavy atom. The van der Waals surface area contributed by atoms with E-state index < -0.39 is 11.9 Å². The van der Waals surface area contributed by atoms with Gasteiger partial charge >= 0.3 is 0 Å². The summed E-state index contributed by atoms with van der Waals surface area (Å²) in [5.41, 5.74) is 6.07. The summed E-state index contributed by atoms with van der Waals surface area (Å²) in [5.74, 6) is -0.602. The highest BCUT2D eigenvalue weighted by Crippen LogP contribution is 2.32. The lowest BCUT2D eigenvalue weighted by Crippen LogP contribution is -2.52. The first-order chi connectivity index (χ1) is 24.9. The van der Waals surface area contributed by atoms with Crippen molar-refractivity contribution in [1.29, 1.82) is 0 Å². The minimum Gasteiger partial charge on any atom is -0.385 e. The summed E-state index contributed by atoms with van der Waals surface area (Å²) in [7, 11) is 0. The van der Waals surface area contributed by atoms with Crippen molar-refractivity contribution >= 4 is 52.0 Å². The van der Waals surface area contributed by atoms with Crippen molar-refractivity contribution in [3.63, 3.8) is 0 Å². The number of nitrogens with one attached hydrogen (secondary N) is 5. The molecule has 14 heteroatoms. The average Bonchev–Trinajstić information content (AvgIpc) is 3.88. The molecule has 7 rings (SSSR count). The van der Waals surface area contributed by atoms with Crippen LogP contribution in [0.3, 0.4) is 0 Å². The number of hydrogen-bond acceptors (Lipinski definition) is 9.